The summed E-state index contributed by atoms with van der Waals surface area (Å²) < 4.78 is 5.53. The van der Waals surface area contributed by atoms with Crippen LogP contribution in [-0.2, 0) is 17.7 Å². The lowest BCUT2D eigenvalue weighted by Gasteiger charge is -2.18. The van der Waals surface area contributed by atoms with Crippen molar-refractivity contribution in [1.29, 1.82) is 0 Å². The molecule has 0 aliphatic carbocycles. The molecule has 0 amide bonds. The standard InChI is InChI=1S/C13H23N3OS/c1-3-11-6-16-13(18-11)7-14-5-10-8-17-9-12(10)15-4-2/h6,10,12,14-15H,3-5,7-9H2,1-2H3. The molecular weight excluding hydrogens is 246 g/mol. The Morgan fingerprint density at radius 3 is 3.06 bits per heavy atom. The number of nitrogens with zero attached hydrogens (tertiary/aromatic N) is 1. The van der Waals surface area contributed by atoms with Crippen LogP contribution in [0.5, 0.6) is 0 Å². The minimum atomic E-state index is 0.505. The maximum atomic E-state index is 5.53. The van der Waals surface area contributed by atoms with Crippen LogP contribution in [0.4, 0.5) is 0 Å². The fourth-order valence-corrected chi connectivity index (χ4v) is 3.08. The summed E-state index contributed by atoms with van der Waals surface area (Å²) in [6.45, 7) is 8.90. The average Bonchev–Trinajstić information content (AvgIpc) is 3.00. The largest absolute Gasteiger partial charge is 0.379 e. The summed E-state index contributed by atoms with van der Waals surface area (Å²) in [5.74, 6) is 0.579. The van der Waals surface area contributed by atoms with Gasteiger partial charge in [-0.3, -0.25) is 0 Å². The van der Waals surface area contributed by atoms with Gasteiger partial charge in [-0.1, -0.05) is 13.8 Å². The summed E-state index contributed by atoms with van der Waals surface area (Å²) in [4.78, 5) is 5.78. The smallest absolute Gasteiger partial charge is 0.107 e. The van der Waals surface area contributed by atoms with Gasteiger partial charge < -0.3 is 15.4 Å². The summed E-state index contributed by atoms with van der Waals surface area (Å²) in [5.41, 5.74) is 0. The van der Waals surface area contributed by atoms with Gasteiger partial charge in [-0.2, -0.15) is 0 Å². The maximum Gasteiger partial charge on any atom is 0.107 e. The van der Waals surface area contributed by atoms with Crippen LogP contribution in [0.1, 0.15) is 23.7 Å². The minimum Gasteiger partial charge on any atom is -0.379 e. The molecule has 1 saturated heterocycles. The molecule has 1 aliphatic heterocycles. The van der Waals surface area contributed by atoms with Gasteiger partial charge in [0, 0.05) is 36.1 Å². The van der Waals surface area contributed by atoms with E-state index in [0.29, 0.717) is 12.0 Å². The van der Waals surface area contributed by atoms with E-state index in [1.165, 1.54) is 9.88 Å². The van der Waals surface area contributed by atoms with Gasteiger partial charge >= 0.3 is 0 Å². The molecule has 5 heteroatoms. The Labute approximate surface area is 113 Å². The number of ether oxygens (including phenoxy) is 1. The molecule has 4 nitrogen and oxygen atoms in total. The fourth-order valence-electron chi connectivity index (χ4n) is 2.25. The molecule has 0 saturated carbocycles. The van der Waals surface area contributed by atoms with Crippen molar-refractivity contribution in [2.75, 3.05) is 26.3 Å². The lowest BCUT2D eigenvalue weighted by atomic mass is 10.0. The van der Waals surface area contributed by atoms with Crippen LogP contribution in [0.25, 0.3) is 0 Å². The first-order valence-electron chi connectivity index (χ1n) is 6.78. The van der Waals surface area contributed by atoms with Crippen LogP contribution in [-0.4, -0.2) is 37.3 Å². The van der Waals surface area contributed by atoms with Crippen molar-refractivity contribution in [2.45, 2.75) is 32.9 Å². The van der Waals surface area contributed by atoms with Crippen LogP contribution < -0.4 is 10.6 Å². The highest BCUT2D eigenvalue weighted by Gasteiger charge is 2.26. The number of nitrogens with one attached hydrogen (secondary N) is 2. The summed E-state index contributed by atoms with van der Waals surface area (Å²) in [6.07, 6.45) is 3.07. The van der Waals surface area contributed by atoms with E-state index >= 15 is 0 Å². The van der Waals surface area contributed by atoms with Crippen molar-refractivity contribution < 1.29 is 4.74 Å². The van der Waals surface area contributed by atoms with Crippen LogP contribution in [0.3, 0.4) is 0 Å². The van der Waals surface area contributed by atoms with Crippen molar-refractivity contribution in [2.24, 2.45) is 5.92 Å². The summed E-state index contributed by atoms with van der Waals surface area (Å²) in [6, 6.07) is 0.505. The number of rotatable bonds is 7. The lowest BCUT2D eigenvalue weighted by molar-refractivity contribution is 0.182. The first-order valence-corrected chi connectivity index (χ1v) is 7.60. The summed E-state index contributed by atoms with van der Waals surface area (Å²) in [7, 11) is 0. The van der Waals surface area contributed by atoms with E-state index in [0.717, 1.165) is 39.3 Å². The highest BCUT2D eigenvalue weighted by atomic mass is 32.1. The lowest BCUT2D eigenvalue weighted by Crippen LogP contribution is -2.40. The minimum absolute atomic E-state index is 0.505. The Bertz CT molecular complexity index is 356. The zero-order valence-corrected chi connectivity index (χ0v) is 12.1. The molecular formula is C13H23N3OS. The maximum absolute atomic E-state index is 5.53. The van der Waals surface area contributed by atoms with Gasteiger partial charge in [0.05, 0.1) is 13.2 Å². The molecule has 1 aromatic heterocycles. The van der Waals surface area contributed by atoms with Gasteiger partial charge in [0.1, 0.15) is 5.01 Å². The second kappa shape index (κ2) is 7.19. The molecule has 2 rings (SSSR count). The number of hydrogen-bond donors (Lipinski definition) is 2. The Hall–Kier alpha value is -0.490. The van der Waals surface area contributed by atoms with E-state index in [4.69, 9.17) is 4.74 Å². The van der Waals surface area contributed by atoms with Crippen molar-refractivity contribution in [3.05, 3.63) is 16.1 Å². The van der Waals surface area contributed by atoms with Crippen molar-refractivity contribution in [3.63, 3.8) is 0 Å². The number of thiazole rings is 1. The normalized spacial score (nSPS) is 23.7. The second-order valence-corrected chi connectivity index (χ2v) is 5.87. The van der Waals surface area contributed by atoms with Crippen LogP contribution in [0, 0.1) is 5.92 Å². The third kappa shape index (κ3) is 3.75. The highest BCUT2D eigenvalue weighted by molar-refractivity contribution is 7.11. The molecule has 0 radical (unpaired) electrons. The van der Waals surface area contributed by atoms with E-state index in [1.807, 2.05) is 6.20 Å². The monoisotopic (exact) mass is 269 g/mol. The molecule has 0 aromatic carbocycles. The molecule has 0 spiro atoms. The quantitative estimate of drug-likeness (QED) is 0.786. The Morgan fingerprint density at radius 2 is 2.33 bits per heavy atom. The van der Waals surface area contributed by atoms with Crippen LogP contribution >= 0.6 is 11.3 Å². The van der Waals surface area contributed by atoms with Crippen LogP contribution in [0.15, 0.2) is 6.20 Å². The number of likely N-dealkylation sites (N-methyl/N-ethyl adjacent to an activating group) is 1. The molecule has 18 heavy (non-hydrogen) atoms. The van der Waals surface area contributed by atoms with Gasteiger partial charge in [-0.15, -0.1) is 11.3 Å². The van der Waals surface area contributed by atoms with E-state index in [9.17, 15) is 0 Å². The average molecular weight is 269 g/mol. The summed E-state index contributed by atoms with van der Waals surface area (Å²) in [5, 5.41) is 8.16. The molecule has 2 N–H and O–H groups in total. The second-order valence-electron chi connectivity index (χ2n) is 4.67. The predicted molar refractivity (Wildman–Crippen MR) is 75.0 cm³/mol. The van der Waals surface area contributed by atoms with E-state index in [2.05, 4.69) is 29.5 Å². The summed E-state index contributed by atoms with van der Waals surface area (Å²) >= 11 is 1.81. The van der Waals surface area contributed by atoms with Crippen molar-refractivity contribution >= 4 is 11.3 Å². The SMILES string of the molecule is CCNC1COCC1CNCc1ncc(CC)s1. The Morgan fingerprint density at radius 1 is 1.44 bits per heavy atom. The number of aryl methyl sites for hydroxylation is 1. The van der Waals surface area contributed by atoms with E-state index in [-0.39, 0.29) is 0 Å². The van der Waals surface area contributed by atoms with E-state index in [1.54, 1.807) is 11.3 Å². The Kier molecular flexibility index (Phi) is 5.56. The molecule has 2 atom stereocenters. The third-order valence-corrected chi connectivity index (χ3v) is 4.44. The first kappa shape index (κ1) is 13.9. The van der Waals surface area contributed by atoms with Crippen molar-refractivity contribution in [3.8, 4) is 0 Å². The molecule has 1 aromatic rings. The number of aromatic nitrogens is 1. The zero-order chi connectivity index (χ0) is 12.8. The fraction of sp³-hybridized carbons (Fsp3) is 0.769. The van der Waals surface area contributed by atoms with Gasteiger partial charge in [-0.05, 0) is 13.0 Å². The van der Waals surface area contributed by atoms with Gasteiger partial charge in [0.2, 0.25) is 0 Å². The molecule has 0 bridgehead atoms. The first-order chi connectivity index (χ1) is 8.83. The van der Waals surface area contributed by atoms with E-state index < -0.39 is 0 Å². The molecule has 2 unspecified atom stereocenters. The molecule has 102 valence electrons. The Balaban J connectivity index is 1.71. The third-order valence-electron chi connectivity index (χ3n) is 3.30. The highest BCUT2D eigenvalue weighted by Crippen LogP contribution is 2.15. The van der Waals surface area contributed by atoms with Crippen molar-refractivity contribution in [1.82, 2.24) is 15.6 Å². The van der Waals surface area contributed by atoms with Gasteiger partial charge in [-0.25, -0.2) is 4.98 Å². The molecule has 1 fully saturated rings. The predicted octanol–water partition coefficient (Wildman–Crippen LogP) is 1.42. The van der Waals surface area contributed by atoms with Gasteiger partial charge in [0.25, 0.3) is 0 Å². The topological polar surface area (TPSA) is 46.2 Å². The zero-order valence-electron chi connectivity index (χ0n) is 11.2. The number of hydrogen-bond acceptors (Lipinski definition) is 5. The van der Waals surface area contributed by atoms with Crippen LogP contribution in [0.2, 0.25) is 0 Å². The van der Waals surface area contributed by atoms with Gasteiger partial charge in [0.15, 0.2) is 0 Å². The molecule has 1 aliphatic rings. The molecule has 2 heterocycles.